The first-order chi connectivity index (χ1) is 9.15. The molecule has 0 unspecified atom stereocenters. The molecule has 0 saturated carbocycles. The van der Waals surface area contributed by atoms with E-state index in [0.29, 0.717) is 18.1 Å². The third-order valence-corrected chi connectivity index (χ3v) is 2.56. The van der Waals surface area contributed by atoms with E-state index in [-0.39, 0.29) is 11.3 Å². The molecule has 0 aliphatic carbocycles. The number of methoxy groups -OCH3 is 1. The Bertz CT molecular complexity index is 590. The molecule has 4 nitrogen and oxygen atoms in total. The first kappa shape index (κ1) is 13.4. The highest BCUT2D eigenvalue weighted by Gasteiger charge is 2.13. The molecule has 0 bridgehead atoms. The average molecular weight is 265 g/mol. The molecule has 6 heteroatoms. The number of nitrogens with one attached hydrogen (secondary N) is 1. The molecule has 2 aromatic rings. The molecule has 1 aromatic carbocycles. The topological polar surface area (TPSA) is 47.0 Å². The molecule has 2 rings (SSSR count). The lowest BCUT2D eigenvalue weighted by atomic mass is 10.1. The Labute approximate surface area is 109 Å². The van der Waals surface area contributed by atoms with Gasteiger partial charge in [0, 0.05) is 17.8 Å². The maximum Gasteiger partial charge on any atom is 0.165 e. The Morgan fingerprint density at radius 1 is 1.26 bits per heavy atom. The van der Waals surface area contributed by atoms with E-state index in [1.54, 1.807) is 7.05 Å². The van der Waals surface area contributed by atoms with Crippen molar-refractivity contribution in [3.05, 3.63) is 41.9 Å². The number of rotatable bonds is 4. The standard InChI is InChI=1S/C13H13F2N3O/c1-16-7-13-17-4-3-11(18-13)8-5-10(15)12(19-2)6-9(8)14/h3-6,16H,7H2,1-2H3. The largest absolute Gasteiger partial charge is 0.494 e. The maximum atomic E-state index is 13.9. The summed E-state index contributed by atoms with van der Waals surface area (Å²) in [5.74, 6) is -0.846. The van der Waals surface area contributed by atoms with Gasteiger partial charge in [-0.1, -0.05) is 0 Å². The quantitative estimate of drug-likeness (QED) is 0.920. The number of benzene rings is 1. The van der Waals surface area contributed by atoms with E-state index in [4.69, 9.17) is 4.74 Å². The van der Waals surface area contributed by atoms with Crippen molar-refractivity contribution >= 4 is 0 Å². The van der Waals surface area contributed by atoms with Gasteiger partial charge in [-0.2, -0.15) is 0 Å². The van der Waals surface area contributed by atoms with E-state index in [1.165, 1.54) is 19.4 Å². The third-order valence-electron chi connectivity index (χ3n) is 2.56. The predicted molar refractivity (Wildman–Crippen MR) is 66.7 cm³/mol. The van der Waals surface area contributed by atoms with Gasteiger partial charge in [-0.3, -0.25) is 0 Å². The van der Waals surface area contributed by atoms with Crippen molar-refractivity contribution < 1.29 is 13.5 Å². The van der Waals surface area contributed by atoms with Crippen molar-refractivity contribution in [3.8, 4) is 17.0 Å². The summed E-state index contributed by atoms with van der Waals surface area (Å²) in [6.45, 7) is 0.452. The highest BCUT2D eigenvalue weighted by atomic mass is 19.1. The first-order valence-electron chi connectivity index (χ1n) is 5.65. The maximum absolute atomic E-state index is 13.9. The summed E-state index contributed by atoms with van der Waals surface area (Å²) < 4.78 is 32.2. The molecule has 1 heterocycles. The molecule has 0 aliphatic heterocycles. The summed E-state index contributed by atoms with van der Waals surface area (Å²) in [5.41, 5.74) is 0.414. The van der Waals surface area contributed by atoms with E-state index >= 15 is 0 Å². The number of ether oxygens (including phenoxy) is 1. The molecule has 1 N–H and O–H groups in total. The monoisotopic (exact) mass is 265 g/mol. The number of halogens is 2. The van der Waals surface area contributed by atoms with E-state index in [9.17, 15) is 8.78 Å². The van der Waals surface area contributed by atoms with Crippen LogP contribution in [0.15, 0.2) is 24.4 Å². The van der Waals surface area contributed by atoms with Crippen LogP contribution >= 0.6 is 0 Å². The molecule has 100 valence electrons. The van der Waals surface area contributed by atoms with Crippen molar-refractivity contribution in [2.75, 3.05) is 14.2 Å². The second-order valence-corrected chi connectivity index (χ2v) is 3.86. The van der Waals surface area contributed by atoms with Crippen LogP contribution in [0.1, 0.15) is 5.82 Å². The average Bonchev–Trinajstić information content (AvgIpc) is 2.41. The van der Waals surface area contributed by atoms with Crippen molar-refractivity contribution in [2.24, 2.45) is 0 Å². The predicted octanol–water partition coefficient (Wildman–Crippen LogP) is 2.15. The molecule has 0 amide bonds. The van der Waals surface area contributed by atoms with Crippen molar-refractivity contribution in [3.63, 3.8) is 0 Å². The van der Waals surface area contributed by atoms with Gasteiger partial charge >= 0.3 is 0 Å². The normalized spacial score (nSPS) is 10.5. The molecule has 0 saturated heterocycles. The lowest BCUT2D eigenvalue weighted by Crippen LogP contribution is -2.09. The molecule has 0 spiro atoms. The SMILES string of the molecule is CNCc1nccc(-c2cc(F)c(OC)cc2F)n1. The van der Waals surface area contributed by atoms with Gasteiger partial charge in [0.15, 0.2) is 11.6 Å². The van der Waals surface area contributed by atoms with Gasteiger partial charge in [0.1, 0.15) is 11.6 Å². The van der Waals surface area contributed by atoms with Gasteiger partial charge in [0.25, 0.3) is 0 Å². The fraction of sp³-hybridized carbons (Fsp3) is 0.231. The third kappa shape index (κ3) is 2.85. The molecule has 0 aliphatic rings. The van der Waals surface area contributed by atoms with Gasteiger partial charge in [0.2, 0.25) is 0 Å². The van der Waals surface area contributed by atoms with E-state index in [1.807, 2.05) is 0 Å². The fourth-order valence-electron chi connectivity index (χ4n) is 1.67. The molecule has 1 aromatic heterocycles. The van der Waals surface area contributed by atoms with E-state index < -0.39 is 11.6 Å². The molecule has 0 fully saturated rings. The highest BCUT2D eigenvalue weighted by molar-refractivity contribution is 5.61. The fourth-order valence-corrected chi connectivity index (χ4v) is 1.67. The van der Waals surface area contributed by atoms with E-state index in [2.05, 4.69) is 15.3 Å². The van der Waals surface area contributed by atoms with E-state index in [0.717, 1.165) is 12.1 Å². The summed E-state index contributed by atoms with van der Waals surface area (Å²) in [4.78, 5) is 8.20. The van der Waals surface area contributed by atoms with Crippen LogP contribution in [0.5, 0.6) is 5.75 Å². The Morgan fingerprint density at radius 3 is 2.74 bits per heavy atom. The minimum absolute atomic E-state index is 0.0815. The Balaban J connectivity index is 2.46. The van der Waals surface area contributed by atoms with Crippen LogP contribution in [0.3, 0.4) is 0 Å². The van der Waals surface area contributed by atoms with Gasteiger partial charge in [-0.05, 0) is 19.2 Å². The summed E-state index contributed by atoms with van der Waals surface area (Å²) in [6, 6.07) is 3.60. The minimum atomic E-state index is -0.632. The number of hydrogen-bond donors (Lipinski definition) is 1. The first-order valence-corrected chi connectivity index (χ1v) is 5.65. The summed E-state index contributed by atoms with van der Waals surface area (Å²) >= 11 is 0. The van der Waals surface area contributed by atoms with Gasteiger partial charge < -0.3 is 10.1 Å². The number of nitrogens with zero attached hydrogens (tertiary/aromatic N) is 2. The van der Waals surface area contributed by atoms with Crippen LogP contribution in [0.2, 0.25) is 0 Å². The Kier molecular flexibility index (Phi) is 4.01. The zero-order valence-electron chi connectivity index (χ0n) is 10.6. The van der Waals surface area contributed by atoms with Crippen LogP contribution in [0.4, 0.5) is 8.78 Å². The highest BCUT2D eigenvalue weighted by Crippen LogP contribution is 2.27. The molecular formula is C13H13F2N3O. The zero-order valence-corrected chi connectivity index (χ0v) is 10.6. The number of hydrogen-bond acceptors (Lipinski definition) is 4. The molecule has 0 radical (unpaired) electrons. The minimum Gasteiger partial charge on any atom is -0.494 e. The zero-order chi connectivity index (χ0) is 13.8. The Morgan fingerprint density at radius 2 is 2.05 bits per heavy atom. The van der Waals surface area contributed by atoms with Crippen LogP contribution < -0.4 is 10.1 Å². The molecule has 0 atom stereocenters. The van der Waals surface area contributed by atoms with Crippen LogP contribution in [-0.2, 0) is 6.54 Å². The summed E-state index contributed by atoms with van der Waals surface area (Å²) in [6.07, 6.45) is 1.51. The number of aromatic nitrogens is 2. The Hall–Kier alpha value is -2.08. The van der Waals surface area contributed by atoms with Gasteiger partial charge in [-0.25, -0.2) is 18.7 Å². The second-order valence-electron chi connectivity index (χ2n) is 3.86. The van der Waals surface area contributed by atoms with Crippen LogP contribution in [-0.4, -0.2) is 24.1 Å². The van der Waals surface area contributed by atoms with Crippen LogP contribution in [0, 0.1) is 11.6 Å². The molecule has 19 heavy (non-hydrogen) atoms. The van der Waals surface area contributed by atoms with Crippen LogP contribution in [0.25, 0.3) is 11.3 Å². The van der Waals surface area contributed by atoms with Gasteiger partial charge in [0.05, 0.1) is 19.3 Å². The van der Waals surface area contributed by atoms with Crippen molar-refractivity contribution in [2.45, 2.75) is 6.54 Å². The lowest BCUT2D eigenvalue weighted by Gasteiger charge is -2.07. The summed E-state index contributed by atoms with van der Waals surface area (Å²) in [7, 11) is 3.04. The van der Waals surface area contributed by atoms with Gasteiger partial charge in [-0.15, -0.1) is 0 Å². The summed E-state index contributed by atoms with van der Waals surface area (Å²) in [5, 5.41) is 2.89. The molecular weight excluding hydrogens is 252 g/mol. The smallest absolute Gasteiger partial charge is 0.165 e. The lowest BCUT2D eigenvalue weighted by molar-refractivity contribution is 0.383. The second kappa shape index (κ2) is 5.71. The van der Waals surface area contributed by atoms with Crippen molar-refractivity contribution in [1.29, 1.82) is 0 Å². The van der Waals surface area contributed by atoms with Crippen molar-refractivity contribution in [1.82, 2.24) is 15.3 Å².